The number of anilines is 1. The van der Waals surface area contributed by atoms with Gasteiger partial charge in [-0.3, -0.25) is 4.79 Å². The maximum absolute atomic E-state index is 13.1. The molecule has 0 saturated heterocycles. The molecule has 0 bridgehead atoms. The summed E-state index contributed by atoms with van der Waals surface area (Å²) >= 11 is 0. The molecule has 0 spiro atoms. The highest BCUT2D eigenvalue weighted by atomic mass is 32.2. The standard InChI is InChI=1S/C32H22F3NO5S/c33-32(34,35)24-9-5-10-25(18-24)41-19-23-8-3-4-11-27(23)22-13-15-29(28(17-22)30(37)38)36-31(39)42(40)26-14-12-20-6-1-2-7-21(20)16-26/h1-18H,19H2,(H,36,39)(H,37,38). The summed E-state index contributed by atoms with van der Waals surface area (Å²) in [6, 6.07) is 28.2. The highest BCUT2D eigenvalue weighted by Crippen LogP contribution is 2.33. The molecule has 0 aliphatic heterocycles. The summed E-state index contributed by atoms with van der Waals surface area (Å²) in [6.45, 7) is -0.0802. The number of carboxylic acids is 1. The van der Waals surface area contributed by atoms with E-state index in [1.807, 2.05) is 24.3 Å². The lowest BCUT2D eigenvalue weighted by molar-refractivity contribution is -0.137. The van der Waals surface area contributed by atoms with E-state index in [2.05, 4.69) is 5.32 Å². The Morgan fingerprint density at radius 2 is 1.55 bits per heavy atom. The molecule has 0 fully saturated rings. The molecular weight excluding hydrogens is 567 g/mol. The summed E-state index contributed by atoms with van der Waals surface area (Å²) in [4.78, 5) is 25.3. The number of carbonyl (C=O) groups is 2. The lowest BCUT2D eigenvalue weighted by Crippen LogP contribution is -2.18. The van der Waals surface area contributed by atoms with Crippen LogP contribution in [-0.4, -0.2) is 20.5 Å². The Morgan fingerprint density at radius 1 is 0.810 bits per heavy atom. The van der Waals surface area contributed by atoms with Gasteiger partial charge in [0.05, 0.1) is 16.8 Å². The first-order valence-electron chi connectivity index (χ1n) is 12.6. The Labute approximate surface area is 240 Å². The van der Waals surface area contributed by atoms with Gasteiger partial charge < -0.3 is 15.2 Å². The van der Waals surface area contributed by atoms with Crippen molar-refractivity contribution in [1.29, 1.82) is 0 Å². The van der Waals surface area contributed by atoms with Crippen molar-refractivity contribution in [3.8, 4) is 16.9 Å². The van der Waals surface area contributed by atoms with Gasteiger partial charge >= 0.3 is 17.4 Å². The third kappa shape index (κ3) is 6.34. The van der Waals surface area contributed by atoms with Crippen molar-refractivity contribution < 1.29 is 36.8 Å². The molecule has 1 unspecified atom stereocenters. The second kappa shape index (κ2) is 11.9. The van der Waals surface area contributed by atoms with Gasteiger partial charge in [-0.2, -0.15) is 13.2 Å². The maximum Gasteiger partial charge on any atom is 0.416 e. The average molecular weight is 590 g/mol. The largest absolute Gasteiger partial charge is 0.489 e. The lowest BCUT2D eigenvalue weighted by Gasteiger charge is -2.15. The minimum absolute atomic E-state index is 0.0309. The number of fused-ring (bicyclic) bond motifs is 1. The fourth-order valence-corrected chi connectivity index (χ4v) is 5.24. The summed E-state index contributed by atoms with van der Waals surface area (Å²) in [5.74, 6) is -1.29. The van der Waals surface area contributed by atoms with Gasteiger partial charge in [0.15, 0.2) is 0 Å². The van der Waals surface area contributed by atoms with Crippen LogP contribution < -0.4 is 10.1 Å². The number of aromatic carboxylic acids is 1. The van der Waals surface area contributed by atoms with Crippen LogP contribution >= 0.6 is 0 Å². The van der Waals surface area contributed by atoms with Crippen LogP contribution in [0.25, 0.3) is 21.9 Å². The number of rotatable bonds is 7. The van der Waals surface area contributed by atoms with Crippen LogP contribution in [0.3, 0.4) is 0 Å². The number of nitrogens with one attached hydrogen (secondary N) is 1. The SMILES string of the molecule is O=C(O)c1cc(-c2ccccc2COc2cccc(C(F)(F)F)c2)ccc1NC(=O)S(=O)c1ccc2ccccc2c1. The van der Waals surface area contributed by atoms with E-state index in [1.54, 1.807) is 48.5 Å². The molecule has 1 atom stereocenters. The van der Waals surface area contributed by atoms with E-state index in [0.717, 1.165) is 22.9 Å². The number of hydrogen-bond donors (Lipinski definition) is 2. The van der Waals surface area contributed by atoms with Crippen molar-refractivity contribution in [2.75, 3.05) is 5.32 Å². The molecule has 0 aliphatic rings. The summed E-state index contributed by atoms with van der Waals surface area (Å²) in [5.41, 5.74) is 0.556. The smallest absolute Gasteiger partial charge is 0.416 e. The van der Waals surface area contributed by atoms with Crippen LogP contribution in [0.1, 0.15) is 21.5 Å². The van der Waals surface area contributed by atoms with Crippen molar-refractivity contribution in [2.45, 2.75) is 17.7 Å². The predicted octanol–water partition coefficient (Wildman–Crippen LogP) is 8.14. The zero-order valence-electron chi connectivity index (χ0n) is 21.7. The summed E-state index contributed by atoms with van der Waals surface area (Å²) in [5, 5.41) is 13.2. The second-order valence-corrected chi connectivity index (χ2v) is 10.6. The first-order chi connectivity index (χ1) is 20.1. The minimum Gasteiger partial charge on any atom is -0.489 e. The van der Waals surface area contributed by atoms with Crippen molar-refractivity contribution in [1.82, 2.24) is 0 Å². The third-order valence-electron chi connectivity index (χ3n) is 6.47. The molecule has 0 aromatic heterocycles. The zero-order valence-corrected chi connectivity index (χ0v) is 22.5. The molecule has 0 aliphatic carbocycles. The van der Waals surface area contributed by atoms with Gasteiger partial charge in [0.25, 0.3) is 0 Å². The number of amides is 1. The number of carboxylic acid groups (broad SMARTS) is 1. The fourth-order valence-electron chi connectivity index (χ4n) is 4.39. The van der Waals surface area contributed by atoms with E-state index in [-0.39, 0.29) is 28.5 Å². The molecule has 0 saturated carbocycles. The predicted molar refractivity (Wildman–Crippen MR) is 154 cm³/mol. The van der Waals surface area contributed by atoms with Crippen LogP contribution in [0, 0.1) is 0 Å². The number of carbonyl (C=O) groups excluding carboxylic acids is 1. The first kappa shape index (κ1) is 28.6. The molecule has 5 rings (SSSR count). The highest BCUT2D eigenvalue weighted by molar-refractivity contribution is 8.00. The van der Waals surface area contributed by atoms with Crippen LogP contribution in [-0.2, 0) is 23.6 Å². The molecule has 1 amide bonds. The number of hydrogen-bond acceptors (Lipinski definition) is 4. The Hall–Kier alpha value is -4.96. The van der Waals surface area contributed by atoms with E-state index < -0.39 is 33.7 Å². The van der Waals surface area contributed by atoms with Gasteiger partial charge in [0.2, 0.25) is 0 Å². The minimum atomic E-state index is -4.51. The quantitative estimate of drug-likeness (QED) is 0.200. The van der Waals surface area contributed by atoms with E-state index in [0.29, 0.717) is 16.7 Å². The molecule has 0 radical (unpaired) electrons. The molecule has 10 heteroatoms. The van der Waals surface area contributed by atoms with Crippen molar-refractivity contribution in [3.63, 3.8) is 0 Å². The van der Waals surface area contributed by atoms with Crippen molar-refractivity contribution >= 4 is 38.5 Å². The summed E-state index contributed by atoms with van der Waals surface area (Å²) in [7, 11) is -2.11. The van der Waals surface area contributed by atoms with Gasteiger partial charge in [-0.1, -0.05) is 66.7 Å². The van der Waals surface area contributed by atoms with Crippen LogP contribution in [0.4, 0.5) is 23.7 Å². The lowest BCUT2D eigenvalue weighted by atomic mass is 9.97. The first-order valence-corrected chi connectivity index (χ1v) is 13.7. The monoisotopic (exact) mass is 589 g/mol. The summed E-state index contributed by atoms with van der Waals surface area (Å²) < 4.78 is 57.8. The second-order valence-electron chi connectivity index (χ2n) is 9.23. The van der Waals surface area contributed by atoms with Gasteiger partial charge in [0.1, 0.15) is 23.2 Å². The Morgan fingerprint density at radius 3 is 2.31 bits per heavy atom. The number of ether oxygens (including phenoxy) is 1. The zero-order chi connectivity index (χ0) is 29.9. The molecule has 2 N–H and O–H groups in total. The Balaban J connectivity index is 1.37. The molecule has 5 aromatic carbocycles. The van der Waals surface area contributed by atoms with Crippen molar-refractivity contribution in [2.24, 2.45) is 0 Å². The highest BCUT2D eigenvalue weighted by Gasteiger charge is 2.30. The van der Waals surface area contributed by atoms with Crippen LogP contribution in [0.2, 0.25) is 0 Å². The molecule has 212 valence electrons. The fraction of sp³-hybridized carbons (Fsp3) is 0.0625. The number of halogens is 3. The van der Waals surface area contributed by atoms with E-state index in [4.69, 9.17) is 4.74 Å². The van der Waals surface area contributed by atoms with Gasteiger partial charge in [-0.25, -0.2) is 9.00 Å². The van der Waals surface area contributed by atoms with E-state index >= 15 is 0 Å². The van der Waals surface area contributed by atoms with Gasteiger partial charge in [-0.15, -0.1) is 0 Å². The third-order valence-corrected chi connectivity index (χ3v) is 7.60. The molecular formula is C32H22F3NO5S. The molecule has 6 nitrogen and oxygen atoms in total. The normalized spacial score (nSPS) is 12.1. The molecule has 0 heterocycles. The van der Waals surface area contributed by atoms with Crippen molar-refractivity contribution in [3.05, 3.63) is 126 Å². The molecule has 5 aromatic rings. The Bertz CT molecular complexity index is 1840. The summed E-state index contributed by atoms with van der Waals surface area (Å²) in [6.07, 6.45) is -4.51. The van der Waals surface area contributed by atoms with Gasteiger partial charge in [0, 0.05) is 4.90 Å². The number of benzene rings is 5. The van der Waals surface area contributed by atoms with E-state index in [9.17, 15) is 32.1 Å². The topological polar surface area (TPSA) is 92.7 Å². The van der Waals surface area contributed by atoms with Gasteiger partial charge in [-0.05, 0) is 69.9 Å². The van der Waals surface area contributed by atoms with E-state index in [1.165, 1.54) is 24.3 Å². The average Bonchev–Trinajstić information content (AvgIpc) is 2.99. The molecule has 42 heavy (non-hydrogen) atoms. The maximum atomic E-state index is 13.1. The Kier molecular flexibility index (Phi) is 8.08. The number of alkyl halides is 3. The van der Waals surface area contributed by atoms with Crippen LogP contribution in [0.15, 0.2) is 114 Å². The van der Waals surface area contributed by atoms with Crippen LogP contribution in [0.5, 0.6) is 5.75 Å².